The number of Topliss-reactive ketones (excluding diaryl/α,β-unsaturated/α-hetero) is 1. The lowest BCUT2D eigenvalue weighted by molar-refractivity contribution is -0.191. The largest absolute Gasteiger partial charge is 0.477 e. The lowest BCUT2D eigenvalue weighted by atomic mass is 10.2. The van der Waals surface area contributed by atoms with Crippen LogP contribution in [0.2, 0.25) is 20.1 Å². The number of hydrazone groups is 1. The van der Waals surface area contributed by atoms with Gasteiger partial charge in [0.1, 0.15) is 29.0 Å². The molecule has 0 spiro atoms. The van der Waals surface area contributed by atoms with E-state index in [1.807, 2.05) is 18.8 Å². The number of nitrogens with two attached hydrogens (primary N) is 1. The minimum atomic E-state index is -1.09. The second kappa shape index (κ2) is 27.1. The van der Waals surface area contributed by atoms with Crippen molar-refractivity contribution >= 4 is 126 Å². The van der Waals surface area contributed by atoms with Crippen molar-refractivity contribution in [1.29, 1.82) is 0 Å². The number of nitrogens with one attached hydrogen (secondary N) is 4. The molecule has 0 radical (unpaired) electrons. The molecule has 2 aromatic heterocycles. The van der Waals surface area contributed by atoms with Gasteiger partial charge in [0.15, 0.2) is 5.78 Å². The molecule has 2 heterocycles. The monoisotopic (exact) mass is 1000 g/mol. The summed E-state index contributed by atoms with van der Waals surface area (Å²) in [6.07, 6.45) is 1.13. The minimum Gasteiger partial charge on any atom is -0.477 e. The molecule has 0 saturated carbocycles. The Hall–Kier alpha value is -4.68. The van der Waals surface area contributed by atoms with Crippen LogP contribution in [-0.4, -0.2) is 43.6 Å². The van der Waals surface area contributed by atoms with Gasteiger partial charge < -0.3 is 20.5 Å². The average molecular weight is 1000 g/mol. The Bertz CT molecular complexity index is 2180. The summed E-state index contributed by atoms with van der Waals surface area (Å²) in [6, 6.07) is 16.9. The zero-order valence-electron chi connectivity index (χ0n) is 30.1. The summed E-state index contributed by atoms with van der Waals surface area (Å²) in [5, 5.41) is 14.1. The number of aromatic amines is 2. The van der Waals surface area contributed by atoms with Gasteiger partial charge in [-0.1, -0.05) is 83.3 Å². The van der Waals surface area contributed by atoms with Gasteiger partial charge >= 0.3 is 12.1 Å². The Kier molecular flexibility index (Phi) is 24.9. The Labute approximate surface area is 364 Å². The molecule has 58 heavy (non-hydrogen) atoms. The van der Waals surface area contributed by atoms with Gasteiger partial charge in [0.2, 0.25) is 0 Å². The van der Waals surface area contributed by atoms with Gasteiger partial charge in [-0.25, -0.2) is 22.4 Å². The smallest absolute Gasteiger partial charge is 0.373 e. The van der Waals surface area contributed by atoms with Crippen LogP contribution in [0, 0.1) is 23.3 Å². The van der Waals surface area contributed by atoms with Gasteiger partial charge in [0.25, 0.3) is 0 Å². The van der Waals surface area contributed by atoms with Crippen LogP contribution in [0.25, 0.3) is 21.8 Å². The molecule has 0 aliphatic rings. The molecule has 0 unspecified atom stereocenters. The number of halogens is 9. The topological polar surface area (TPSA) is 183 Å². The second-order valence-electron chi connectivity index (χ2n) is 10.7. The number of carbonyl (C=O) groups excluding carboxylic acids is 3. The van der Waals surface area contributed by atoms with Gasteiger partial charge in [-0.3, -0.25) is 16.1 Å². The van der Waals surface area contributed by atoms with Crippen molar-refractivity contribution in [2.45, 2.75) is 34.6 Å². The summed E-state index contributed by atoms with van der Waals surface area (Å²) in [6.45, 7) is 5.37. The van der Waals surface area contributed by atoms with E-state index < -0.39 is 29.2 Å². The van der Waals surface area contributed by atoms with E-state index >= 15 is 0 Å². The highest BCUT2D eigenvalue weighted by atomic mass is 127. The molecule has 4 aromatic carbocycles. The molecule has 0 bridgehead atoms. The molecule has 0 fully saturated rings. The molecule has 7 N–H and O–H groups in total. The van der Waals surface area contributed by atoms with Crippen LogP contribution in [0.4, 0.5) is 28.9 Å². The maximum Gasteiger partial charge on any atom is 0.373 e. The Morgan fingerprint density at radius 1 is 0.724 bits per heavy atom. The number of aromatic carboxylic acids is 1. The first-order valence-electron chi connectivity index (χ1n) is 15.7. The van der Waals surface area contributed by atoms with Crippen molar-refractivity contribution < 1.29 is 41.8 Å². The Morgan fingerprint density at radius 3 is 1.52 bits per heavy atom. The first kappa shape index (κ1) is 53.3. The maximum atomic E-state index is 13.0. The zero-order valence-corrected chi connectivity index (χ0v) is 35.3. The van der Waals surface area contributed by atoms with Crippen LogP contribution in [0.15, 0.2) is 77.9 Å². The zero-order chi connectivity index (χ0) is 43.4. The van der Waals surface area contributed by atoms with Crippen molar-refractivity contribution in [3.63, 3.8) is 0 Å². The number of nitrogens with zero attached hydrogens (tertiary/aromatic N) is 1. The quantitative estimate of drug-likeness (QED) is 0.0181. The van der Waals surface area contributed by atoms with E-state index in [2.05, 4.69) is 48.5 Å². The summed E-state index contributed by atoms with van der Waals surface area (Å²) in [5.41, 5.74) is 9.05. The van der Waals surface area contributed by atoms with Gasteiger partial charge in [0.05, 0.1) is 37.2 Å². The third-order valence-corrected chi connectivity index (χ3v) is 7.98. The number of rotatable bonds is 6. The minimum absolute atomic E-state index is 0. The molecule has 0 saturated heterocycles. The number of aromatic nitrogens is 2. The van der Waals surface area contributed by atoms with Crippen LogP contribution in [-0.2, 0) is 9.59 Å². The molecule has 0 amide bonds. The Balaban J connectivity index is 0.000000720. The van der Waals surface area contributed by atoms with Gasteiger partial charge in [-0.05, 0) is 91.1 Å². The fourth-order valence-electron chi connectivity index (χ4n) is 3.95. The van der Waals surface area contributed by atoms with Crippen molar-refractivity contribution in [3.8, 4) is 0 Å². The predicted molar refractivity (Wildman–Crippen MR) is 233 cm³/mol. The van der Waals surface area contributed by atoms with E-state index in [0.717, 1.165) is 12.1 Å². The highest BCUT2D eigenvalue weighted by Gasteiger charge is 2.10. The van der Waals surface area contributed by atoms with Crippen molar-refractivity contribution in [3.05, 3.63) is 128 Å². The first-order valence-corrected chi connectivity index (χ1v) is 19.3. The van der Waals surface area contributed by atoms with Gasteiger partial charge in [-0.2, -0.15) is 14.7 Å². The number of ketones is 1. The number of alkyl halides is 1. The molecule has 0 aliphatic carbocycles. The number of carbonyl (C=O) groups is 2. The summed E-state index contributed by atoms with van der Waals surface area (Å²) < 4.78 is 51.2. The van der Waals surface area contributed by atoms with Crippen LogP contribution in [0.1, 0.15) is 55.6 Å². The van der Waals surface area contributed by atoms with E-state index in [4.69, 9.17) is 66.9 Å². The van der Waals surface area contributed by atoms with Crippen molar-refractivity contribution in [2.75, 3.05) is 15.8 Å². The number of benzene rings is 4. The molecule has 0 aliphatic heterocycles. The number of fused-ring (bicyclic) bond motifs is 2. The number of carboxylic acids is 1. The molecule has 6 aromatic rings. The number of carboxylic acid groups (broad SMARTS) is 1. The third kappa shape index (κ3) is 17.4. The Morgan fingerprint density at radius 2 is 1.12 bits per heavy atom. The van der Waals surface area contributed by atoms with Gasteiger partial charge in [0, 0.05) is 34.4 Å². The molecule has 312 valence electrons. The van der Waals surface area contributed by atoms with E-state index in [1.165, 1.54) is 67.6 Å². The average Bonchev–Trinajstić information content (AvgIpc) is 3.79. The highest BCUT2D eigenvalue weighted by molar-refractivity contribution is 14.1. The maximum absolute atomic E-state index is 13.0. The summed E-state index contributed by atoms with van der Waals surface area (Å²) in [4.78, 5) is 45.3. The van der Waals surface area contributed by atoms with E-state index in [0.29, 0.717) is 38.9 Å². The second-order valence-corrected chi connectivity index (χ2v) is 12.4. The predicted octanol–water partition coefficient (Wildman–Crippen LogP) is 12.4. The fourth-order valence-corrected chi connectivity index (χ4v) is 4.64. The number of hydrogen-bond donors (Lipinski definition) is 6. The fraction of sp³-hybridized carbons (Fsp3) is 0.158. The van der Waals surface area contributed by atoms with Gasteiger partial charge in [-0.15, -0.1) is 0 Å². The third-order valence-electron chi connectivity index (χ3n) is 6.83. The van der Waals surface area contributed by atoms with E-state index in [9.17, 15) is 27.2 Å². The van der Waals surface area contributed by atoms with Crippen molar-refractivity contribution in [2.24, 2.45) is 10.9 Å². The number of hydrazine groups is 1. The molecular weight excluding hydrogens is 965 g/mol. The molecule has 11 nitrogen and oxygen atoms in total. The summed E-state index contributed by atoms with van der Waals surface area (Å²) in [5.74, 6) is 1.96. The van der Waals surface area contributed by atoms with Crippen LogP contribution < -0.4 is 16.7 Å². The number of nitrogen functional groups attached to an aromatic ring is 1. The van der Waals surface area contributed by atoms with E-state index in [1.54, 1.807) is 12.1 Å². The van der Waals surface area contributed by atoms with Crippen molar-refractivity contribution in [1.82, 2.24) is 9.97 Å². The summed E-state index contributed by atoms with van der Waals surface area (Å²) in [7, 11) is 0. The number of H-pyrrole nitrogens is 2. The lowest BCUT2D eigenvalue weighted by Crippen LogP contribution is -2.06. The number of anilines is 2. The normalized spacial score (nSPS) is 9.86. The van der Waals surface area contributed by atoms with Crippen LogP contribution in [0.3, 0.4) is 0 Å². The molecular formula is C38H37Cl4F4IN6O5. The lowest BCUT2D eigenvalue weighted by Gasteiger charge is -2.02. The highest BCUT2D eigenvalue weighted by Crippen LogP contribution is 2.25. The first-order chi connectivity index (χ1) is 26.9. The molecule has 0 atom stereocenters. The summed E-state index contributed by atoms with van der Waals surface area (Å²) >= 11 is 24.3. The molecule has 20 heteroatoms. The van der Waals surface area contributed by atoms with Crippen LogP contribution >= 0.6 is 69.0 Å². The SMILES string of the molecule is C.CC(=O)c1cc2cc(F)c(Cl)cc2[nH]1.CC/C(C)=N\Nc1ccc(F)c(Cl)c1.CI.NNc1ccc(F)c(Cl)c1.O=C(O)c1cc2cc(F)c(Cl)cc2[nH]1.O=C=O. The molecule has 6 rings (SSSR count). The number of hydrogen-bond acceptors (Lipinski definition) is 8. The standard InChI is InChI=1S/C10H12ClFN2.C10H7ClFNO.C9H5ClFNO2.C6H6ClFN2.CH3I.CO2.CH4/c1-3-7(2)13-14-8-4-5-10(12)9(11)6-8;1-5(14)9-3-6-2-8(12)7(11)4-10(6)13-9;10-5-3-7-4(1-6(5)11)2-8(12-7)9(13)14;7-5-3-4(10-9)1-2-6(5)8;1-2;2-1-3;/h4-6,14H,3H2,1-2H3;2-4,13H,1H3;1-3,12H,(H,13,14);1-3,10H,9H2;1H3;;1H4/b13-7-;;;;;;. The van der Waals surface area contributed by atoms with Crippen LogP contribution in [0.5, 0.6) is 0 Å². The van der Waals surface area contributed by atoms with E-state index in [-0.39, 0.29) is 45.1 Å².